The molecule has 0 unspecified atom stereocenters. The third kappa shape index (κ3) is 4.42. The molecule has 0 atom stereocenters. The van der Waals surface area contributed by atoms with Crippen LogP contribution in [0.3, 0.4) is 0 Å². The maximum Gasteiger partial charge on any atom is 0.271 e. The first kappa shape index (κ1) is 18.1. The number of carbonyl (C=O) groups is 1. The van der Waals surface area contributed by atoms with E-state index in [4.69, 9.17) is 21.7 Å². The van der Waals surface area contributed by atoms with Crippen LogP contribution in [0.15, 0.2) is 42.5 Å². The Morgan fingerprint density at radius 3 is 2.28 bits per heavy atom. The summed E-state index contributed by atoms with van der Waals surface area (Å²) in [4.78, 5) is 22.7. The number of ether oxygens (including phenoxy) is 2. The molecule has 0 spiro atoms. The average Bonchev–Trinajstić information content (AvgIpc) is 2.60. The lowest BCUT2D eigenvalue weighted by Crippen LogP contribution is -2.34. The van der Waals surface area contributed by atoms with Crippen molar-refractivity contribution in [3.05, 3.63) is 58.1 Å². The molecule has 8 nitrogen and oxygen atoms in total. The number of nitrogens with zero attached hydrogens (tertiary/aromatic N) is 1. The number of methoxy groups -OCH3 is 2. The number of benzene rings is 2. The third-order valence-electron chi connectivity index (χ3n) is 3.20. The number of anilines is 1. The first-order chi connectivity index (χ1) is 12.0. The first-order valence-electron chi connectivity index (χ1n) is 7.04. The summed E-state index contributed by atoms with van der Waals surface area (Å²) in [6, 6.07) is 10.7. The van der Waals surface area contributed by atoms with Crippen LogP contribution in [-0.2, 0) is 0 Å². The Bertz CT molecular complexity index is 803. The fourth-order valence-electron chi connectivity index (χ4n) is 2.10. The van der Waals surface area contributed by atoms with Gasteiger partial charge in [-0.2, -0.15) is 0 Å². The lowest BCUT2D eigenvalue weighted by molar-refractivity contribution is -0.384. The van der Waals surface area contributed by atoms with Gasteiger partial charge < -0.3 is 14.8 Å². The van der Waals surface area contributed by atoms with E-state index in [1.54, 1.807) is 24.3 Å². The molecule has 2 N–H and O–H groups in total. The number of thiocarbonyl (C=S) groups is 1. The molecule has 25 heavy (non-hydrogen) atoms. The predicted octanol–water partition coefficient (Wildman–Crippen LogP) is 2.74. The molecule has 0 fully saturated rings. The highest BCUT2D eigenvalue weighted by Gasteiger charge is 2.19. The normalized spacial score (nSPS) is 9.84. The quantitative estimate of drug-likeness (QED) is 0.479. The van der Waals surface area contributed by atoms with Crippen molar-refractivity contribution >= 4 is 34.6 Å². The van der Waals surface area contributed by atoms with Gasteiger partial charge >= 0.3 is 0 Å². The summed E-state index contributed by atoms with van der Waals surface area (Å²) < 4.78 is 10.3. The molecule has 130 valence electrons. The zero-order chi connectivity index (χ0) is 18.4. The Morgan fingerprint density at radius 1 is 1.12 bits per heavy atom. The molecule has 0 aliphatic heterocycles. The Kier molecular flexibility index (Phi) is 5.85. The minimum absolute atomic E-state index is 0.0153. The second-order valence-corrected chi connectivity index (χ2v) is 5.16. The second kappa shape index (κ2) is 8.06. The highest BCUT2D eigenvalue weighted by atomic mass is 32.1. The molecule has 0 aromatic heterocycles. The van der Waals surface area contributed by atoms with E-state index in [2.05, 4.69) is 10.6 Å². The molecule has 0 bridgehead atoms. The van der Waals surface area contributed by atoms with Crippen LogP contribution in [0.1, 0.15) is 10.4 Å². The molecule has 0 heterocycles. The lowest BCUT2D eigenvalue weighted by Gasteiger charge is -2.14. The summed E-state index contributed by atoms with van der Waals surface area (Å²) in [6.45, 7) is 0. The Hall–Kier alpha value is -3.20. The number of rotatable bonds is 5. The summed E-state index contributed by atoms with van der Waals surface area (Å²) >= 11 is 5.09. The van der Waals surface area contributed by atoms with Gasteiger partial charge in [-0.25, -0.2) is 0 Å². The van der Waals surface area contributed by atoms with Gasteiger partial charge in [0.25, 0.3) is 11.6 Å². The van der Waals surface area contributed by atoms with Gasteiger partial charge in [0.05, 0.1) is 19.1 Å². The minimum Gasteiger partial charge on any atom is -0.496 e. The number of nitro groups is 1. The Morgan fingerprint density at radius 2 is 1.72 bits per heavy atom. The first-order valence-corrected chi connectivity index (χ1v) is 7.45. The van der Waals surface area contributed by atoms with E-state index in [0.717, 1.165) is 0 Å². The standard InChI is InChI=1S/C16H15N3O5S/c1-23-12-7-4-8-13(24-2)14(12)15(20)18-16(25)17-10-5-3-6-11(9-10)19(21)22/h3-9H,1-2H3,(H2,17,18,20,25). The van der Waals surface area contributed by atoms with E-state index < -0.39 is 10.8 Å². The van der Waals surface area contributed by atoms with Gasteiger partial charge in [-0.15, -0.1) is 0 Å². The van der Waals surface area contributed by atoms with Crippen LogP contribution in [0.2, 0.25) is 0 Å². The topological polar surface area (TPSA) is 103 Å². The number of hydrogen-bond donors (Lipinski definition) is 2. The molecule has 2 aromatic rings. The molecule has 0 saturated carbocycles. The van der Waals surface area contributed by atoms with Gasteiger partial charge in [0, 0.05) is 17.8 Å². The SMILES string of the molecule is COc1cccc(OC)c1C(=O)NC(=S)Nc1cccc([N+](=O)[O-])c1. The van der Waals surface area contributed by atoms with Gasteiger partial charge in [0.15, 0.2) is 5.11 Å². The van der Waals surface area contributed by atoms with Crippen LogP contribution in [0.4, 0.5) is 11.4 Å². The van der Waals surface area contributed by atoms with Gasteiger partial charge in [-0.05, 0) is 30.4 Å². The monoisotopic (exact) mass is 361 g/mol. The molecule has 9 heteroatoms. The Balaban J connectivity index is 2.15. The van der Waals surface area contributed by atoms with E-state index in [0.29, 0.717) is 17.2 Å². The van der Waals surface area contributed by atoms with E-state index in [1.165, 1.54) is 32.4 Å². The van der Waals surface area contributed by atoms with E-state index in [1.807, 2.05) is 0 Å². The van der Waals surface area contributed by atoms with Crippen molar-refractivity contribution in [1.29, 1.82) is 0 Å². The molecular formula is C16H15N3O5S. The highest BCUT2D eigenvalue weighted by Crippen LogP contribution is 2.28. The van der Waals surface area contributed by atoms with Crippen LogP contribution in [0.25, 0.3) is 0 Å². The average molecular weight is 361 g/mol. The predicted molar refractivity (Wildman–Crippen MR) is 96.3 cm³/mol. The van der Waals surface area contributed by atoms with Crippen LogP contribution >= 0.6 is 12.2 Å². The number of non-ortho nitro benzene ring substituents is 1. The molecule has 0 radical (unpaired) electrons. The largest absolute Gasteiger partial charge is 0.496 e. The van der Waals surface area contributed by atoms with Crippen LogP contribution in [-0.4, -0.2) is 30.2 Å². The second-order valence-electron chi connectivity index (χ2n) is 4.75. The summed E-state index contributed by atoms with van der Waals surface area (Å²) in [5, 5.41) is 16.0. The van der Waals surface area contributed by atoms with Gasteiger partial charge in [0.2, 0.25) is 0 Å². The maximum atomic E-state index is 12.5. The molecule has 1 amide bonds. The summed E-state index contributed by atoms with van der Waals surface area (Å²) in [6.07, 6.45) is 0. The number of amides is 1. The van der Waals surface area contributed by atoms with Crippen molar-refractivity contribution in [2.75, 3.05) is 19.5 Å². The van der Waals surface area contributed by atoms with Crippen molar-refractivity contribution in [2.45, 2.75) is 0 Å². The minimum atomic E-state index is -0.530. The Labute approximate surface area is 148 Å². The van der Waals surface area contributed by atoms with Gasteiger partial charge in [-0.3, -0.25) is 20.2 Å². The number of nitro benzene ring substituents is 1. The van der Waals surface area contributed by atoms with E-state index in [-0.39, 0.29) is 16.4 Å². The zero-order valence-electron chi connectivity index (χ0n) is 13.4. The van der Waals surface area contributed by atoms with Crippen molar-refractivity contribution in [2.24, 2.45) is 0 Å². The molecule has 0 aliphatic carbocycles. The lowest BCUT2D eigenvalue weighted by atomic mass is 10.1. The number of nitrogens with one attached hydrogen (secondary N) is 2. The maximum absolute atomic E-state index is 12.5. The molecule has 0 saturated heterocycles. The fraction of sp³-hybridized carbons (Fsp3) is 0.125. The van der Waals surface area contributed by atoms with Crippen LogP contribution in [0, 0.1) is 10.1 Å². The van der Waals surface area contributed by atoms with Crippen molar-refractivity contribution in [3.8, 4) is 11.5 Å². The fourth-order valence-corrected chi connectivity index (χ4v) is 2.31. The molecule has 2 rings (SSSR count). The van der Waals surface area contributed by atoms with Crippen molar-refractivity contribution in [1.82, 2.24) is 5.32 Å². The number of carbonyl (C=O) groups excluding carboxylic acids is 1. The summed E-state index contributed by atoms with van der Waals surface area (Å²) in [5.41, 5.74) is 0.479. The summed E-state index contributed by atoms with van der Waals surface area (Å²) in [5.74, 6) is 0.127. The van der Waals surface area contributed by atoms with Crippen LogP contribution < -0.4 is 20.1 Å². The van der Waals surface area contributed by atoms with Crippen LogP contribution in [0.5, 0.6) is 11.5 Å². The molecular weight excluding hydrogens is 346 g/mol. The van der Waals surface area contributed by atoms with Gasteiger partial charge in [-0.1, -0.05) is 12.1 Å². The number of hydrogen-bond acceptors (Lipinski definition) is 6. The van der Waals surface area contributed by atoms with E-state index in [9.17, 15) is 14.9 Å². The van der Waals surface area contributed by atoms with Crippen molar-refractivity contribution < 1.29 is 19.2 Å². The molecule has 0 aliphatic rings. The van der Waals surface area contributed by atoms with Gasteiger partial charge in [0.1, 0.15) is 17.1 Å². The molecule has 2 aromatic carbocycles. The van der Waals surface area contributed by atoms with Crippen molar-refractivity contribution in [3.63, 3.8) is 0 Å². The smallest absolute Gasteiger partial charge is 0.271 e. The third-order valence-corrected chi connectivity index (χ3v) is 3.40. The summed E-state index contributed by atoms with van der Waals surface area (Å²) in [7, 11) is 2.87. The zero-order valence-corrected chi connectivity index (χ0v) is 14.3. The van der Waals surface area contributed by atoms with E-state index >= 15 is 0 Å². The highest BCUT2D eigenvalue weighted by molar-refractivity contribution is 7.80.